The fourth-order valence-electron chi connectivity index (χ4n) is 3.77. The maximum Gasteiger partial charge on any atom is 0.118 e. The van der Waals surface area contributed by atoms with E-state index < -0.39 is 0 Å². The van der Waals surface area contributed by atoms with Crippen LogP contribution in [0.1, 0.15) is 16.8 Å². The van der Waals surface area contributed by atoms with Gasteiger partial charge in [0.1, 0.15) is 16.8 Å². The maximum atomic E-state index is 5.27. The van der Waals surface area contributed by atoms with E-state index in [-0.39, 0.29) is 0 Å². The molecule has 5 rings (SSSR count). The number of nitrogens with one attached hydrogen (secondary N) is 1. The minimum Gasteiger partial charge on any atom is -0.497 e. The Kier molecular flexibility index (Phi) is 5.44. The molecule has 1 N–H and O–H groups in total. The zero-order valence-corrected chi connectivity index (χ0v) is 18.8. The molecule has 0 radical (unpaired) electrons. The molecular weight excluding hydrogens is 412 g/mol. The molecule has 0 aliphatic carbocycles. The highest BCUT2D eigenvalue weighted by Crippen LogP contribution is 2.29. The molecule has 0 fully saturated rings. The molecule has 0 atom stereocenters. The summed E-state index contributed by atoms with van der Waals surface area (Å²) >= 11 is 0. The van der Waals surface area contributed by atoms with Crippen molar-refractivity contribution in [2.75, 3.05) is 12.4 Å². The minimum atomic E-state index is 0.627. The molecule has 7 heteroatoms. The molecule has 33 heavy (non-hydrogen) atoms. The number of methoxy groups -OCH3 is 1. The molecule has 1 aromatic carbocycles. The van der Waals surface area contributed by atoms with E-state index in [2.05, 4.69) is 25.4 Å². The van der Waals surface area contributed by atoms with Gasteiger partial charge in [0.15, 0.2) is 0 Å². The van der Waals surface area contributed by atoms with Crippen LogP contribution in [-0.4, -0.2) is 31.8 Å². The predicted octanol–water partition coefficient (Wildman–Crippen LogP) is 5.31. The number of fused-ring (bicyclic) bond motifs is 1. The summed E-state index contributed by atoms with van der Waals surface area (Å²) in [6, 6.07) is 18.0. The van der Waals surface area contributed by atoms with Crippen LogP contribution < -0.4 is 10.1 Å². The third-order valence-electron chi connectivity index (χ3n) is 5.54. The van der Waals surface area contributed by atoms with E-state index in [1.54, 1.807) is 19.5 Å². The first-order chi connectivity index (χ1) is 16.1. The number of aryl methyl sites for hydroxylation is 2. The molecule has 4 heterocycles. The predicted molar refractivity (Wildman–Crippen MR) is 130 cm³/mol. The normalized spacial score (nSPS) is 11.0. The SMILES string of the molecule is COc1ccc(Cn2ncc3nccc(Nc4cc(-c5cccc(C)n5)ncc4C)c32)cc1. The molecule has 0 saturated carbocycles. The molecule has 0 aliphatic rings. The molecule has 4 aromatic heterocycles. The summed E-state index contributed by atoms with van der Waals surface area (Å²) in [7, 11) is 1.67. The van der Waals surface area contributed by atoms with Crippen LogP contribution in [0.5, 0.6) is 5.75 Å². The third-order valence-corrected chi connectivity index (χ3v) is 5.54. The van der Waals surface area contributed by atoms with Crippen molar-refractivity contribution in [1.82, 2.24) is 24.7 Å². The molecule has 0 spiro atoms. The Morgan fingerprint density at radius 1 is 0.909 bits per heavy atom. The van der Waals surface area contributed by atoms with Crippen LogP contribution in [0.25, 0.3) is 22.4 Å². The van der Waals surface area contributed by atoms with Crippen molar-refractivity contribution in [3.63, 3.8) is 0 Å². The number of hydrogen-bond acceptors (Lipinski definition) is 6. The summed E-state index contributed by atoms with van der Waals surface area (Å²) in [6.07, 6.45) is 5.46. The Bertz CT molecular complexity index is 1420. The number of pyridine rings is 3. The molecule has 164 valence electrons. The zero-order valence-electron chi connectivity index (χ0n) is 18.8. The van der Waals surface area contributed by atoms with Gasteiger partial charge in [-0.25, -0.2) is 0 Å². The Hall–Kier alpha value is -4.26. The summed E-state index contributed by atoms with van der Waals surface area (Å²) in [5.74, 6) is 0.833. The highest BCUT2D eigenvalue weighted by atomic mass is 16.5. The van der Waals surface area contributed by atoms with Gasteiger partial charge in [0, 0.05) is 23.8 Å². The maximum absolute atomic E-state index is 5.27. The number of rotatable bonds is 6. The monoisotopic (exact) mass is 436 g/mol. The molecule has 0 bridgehead atoms. The van der Waals surface area contributed by atoms with E-state index in [0.29, 0.717) is 6.54 Å². The second-order valence-electron chi connectivity index (χ2n) is 7.92. The van der Waals surface area contributed by atoms with Crippen molar-refractivity contribution in [1.29, 1.82) is 0 Å². The lowest BCUT2D eigenvalue weighted by molar-refractivity contribution is 0.414. The second-order valence-corrected chi connectivity index (χ2v) is 7.92. The Labute approximate surface area is 192 Å². The number of anilines is 2. The minimum absolute atomic E-state index is 0.627. The quantitative estimate of drug-likeness (QED) is 0.389. The van der Waals surface area contributed by atoms with Gasteiger partial charge < -0.3 is 10.1 Å². The second kappa shape index (κ2) is 8.70. The van der Waals surface area contributed by atoms with Crippen molar-refractivity contribution < 1.29 is 4.74 Å². The van der Waals surface area contributed by atoms with Gasteiger partial charge >= 0.3 is 0 Å². The smallest absolute Gasteiger partial charge is 0.118 e. The molecule has 0 aliphatic heterocycles. The Balaban J connectivity index is 1.50. The van der Waals surface area contributed by atoms with Gasteiger partial charge in [-0.05, 0) is 61.4 Å². The van der Waals surface area contributed by atoms with Crippen molar-refractivity contribution in [3.05, 3.63) is 90.0 Å². The summed E-state index contributed by atoms with van der Waals surface area (Å²) in [5.41, 5.74) is 8.48. The van der Waals surface area contributed by atoms with Crippen LogP contribution in [-0.2, 0) is 6.54 Å². The first kappa shape index (κ1) is 20.6. The summed E-state index contributed by atoms with van der Waals surface area (Å²) in [5, 5.41) is 8.18. The van der Waals surface area contributed by atoms with Gasteiger partial charge in [0.05, 0.1) is 36.9 Å². The lowest BCUT2D eigenvalue weighted by Crippen LogP contribution is -2.04. The fourth-order valence-corrected chi connectivity index (χ4v) is 3.77. The highest BCUT2D eigenvalue weighted by Gasteiger charge is 2.12. The van der Waals surface area contributed by atoms with Crippen molar-refractivity contribution in [2.24, 2.45) is 0 Å². The van der Waals surface area contributed by atoms with Crippen LogP contribution >= 0.6 is 0 Å². The van der Waals surface area contributed by atoms with Crippen LogP contribution in [0.15, 0.2) is 73.2 Å². The molecule has 0 amide bonds. The van der Waals surface area contributed by atoms with Crippen molar-refractivity contribution in [2.45, 2.75) is 20.4 Å². The number of aromatic nitrogens is 5. The first-order valence-corrected chi connectivity index (χ1v) is 10.7. The van der Waals surface area contributed by atoms with Crippen molar-refractivity contribution in [3.8, 4) is 17.1 Å². The average molecular weight is 437 g/mol. The summed E-state index contributed by atoms with van der Waals surface area (Å²) in [6.45, 7) is 4.64. The van der Waals surface area contributed by atoms with E-state index in [1.807, 2.05) is 79.3 Å². The summed E-state index contributed by atoms with van der Waals surface area (Å²) < 4.78 is 7.23. The largest absolute Gasteiger partial charge is 0.497 e. The van der Waals surface area contributed by atoms with Gasteiger partial charge in [-0.3, -0.25) is 19.6 Å². The molecular formula is C26H24N6O. The number of ether oxygens (including phenoxy) is 1. The molecule has 5 aromatic rings. The van der Waals surface area contributed by atoms with E-state index >= 15 is 0 Å². The standard InChI is InChI=1S/C26H24N6O/c1-17-14-28-24(21-6-4-5-18(2)30-21)13-23(17)31-22-11-12-27-25-15-29-32(26(22)25)16-19-7-9-20(33-3)10-8-19/h4-15H,16H2,1-3H3,(H,27,28,31). The van der Waals surface area contributed by atoms with E-state index in [1.165, 1.54) is 0 Å². The van der Waals surface area contributed by atoms with Gasteiger partial charge in [0.2, 0.25) is 0 Å². The Morgan fingerprint density at radius 2 is 1.76 bits per heavy atom. The van der Waals surface area contributed by atoms with E-state index in [9.17, 15) is 0 Å². The lowest BCUT2D eigenvalue weighted by atomic mass is 10.1. The van der Waals surface area contributed by atoms with Crippen molar-refractivity contribution >= 4 is 22.4 Å². The van der Waals surface area contributed by atoms with Crippen LogP contribution in [0.3, 0.4) is 0 Å². The van der Waals surface area contributed by atoms with Gasteiger partial charge in [-0.15, -0.1) is 0 Å². The first-order valence-electron chi connectivity index (χ1n) is 10.7. The van der Waals surface area contributed by atoms with Gasteiger partial charge in [-0.2, -0.15) is 5.10 Å². The zero-order chi connectivity index (χ0) is 22.8. The molecule has 0 unspecified atom stereocenters. The summed E-state index contributed by atoms with van der Waals surface area (Å²) in [4.78, 5) is 13.7. The lowest BCUT2D eigenvalue weighted by Gasteiger charge is -2.14. The number of nitrogens with zero attached hydrogens (tertiary/aromatic N) is 5. The van der Waals surface area contributed by atoms with Crippen LogP contribution in [0, 0.1) is 13.8 Å². The fraction of sp³-hybridized carbons (Fsp3) is 0.154. The molecule has 7 nitrogen and oxygen atoms in total. The number of benzene rings is 1. The third kappa shape index (κ3) is 4.25. The average Bonchev–Trinajstić information content (AvgIpc) is 3.24. The van der Waals surface area contributed by atoms with Crippen LogP contribution in [0.2, 0.25) is 0 Å². The Morgan fingerprint density at radius 3 is 2.55 bits per heavy atom. The van der Waals surface area contributed by atoms with Gasteiger partial charge in [-0.1, -0.05) is 18.2 Å². The van der Waals surface area contributed by atoms with E-state index in [0.717, 1.165) is 56.4 Å². The van der Waals surface area contributed by atoms with Crippen LogP contribution in [0.4, 0.5) is 11.4 Å². The highest BCUT2D eigenvalue weighted by molar-refractivity contribution is 5.90. The van der Waals surface area contributed by atoms with E-state index in [4.69, 9.17) is 4.74 Å². The molecule has 0 saturated heterocycles. The van der Waals surface area contributed by atoms with Gasteiger partial charge in [0.25, 0.3) is 0 Å². The topological polar surface area (TPSA) is 77.8 Å². The number of hydrogen-bond donors (Lipinski definition) is 1.